The Balaban J connectivity index is 1.43. The van der Waals surface area contributed by atoms with E-state index < -0.39 is 29.7 Å². The van der Waals surface area contributed by atoms with Crippen LogP contribution >= 0.6 is 31.9 Å². The van der Waals surface area contributed by atoms with E-state index >= 15 is 0 Å². The molecule has 4 N–H and O–H groups in total. The molecule has 174 valence electrons. The van der Waals surface area contributed by atoms with Crippen molar-refractivity contribution in [3.05, 3.63) is 50.5 Å². The summed E-state index contributed by atoms with van der Waals surface area (Å²) in [6, 6.07) is 5.12. The summed E-state index contributed by atoms with van der Waals surface area (Å²) in [5, 5.41) is 24.6. The van der Waals surface area contributed by atoms with E-state index in [0.717, 1.165) is 5.56 Å². The highest BCUT2D eigenvalue weighted by molar-refractivity contribution is 9.11. The first-order chi connectivity index (χ1) is 15.7. The Hall–Kier alpha value is -2.86. The summed E-state index contributed by atoms with van der Waals surface area (Å²) in [5.41, 5.74) is 0.499. The number of carboxylic acid groups (broad SMARTS) is 1. The number of nitrogens with one attached hydrogen (secondary N) is 2. The van der Waals surface area contributed by atoms with E-state index in [4.69, 9.17) is 4.74 Å². The average molecular weight is 584 g/mol. The molecule has 1 aromatic heterocycles. The number of hydrogen-bond acceptors (Lipinski definition) is 6. The molecule has 2 aliphatic heterocycles. The molecule has 1 aromatic carbocycles. The summed E-state index contributed by atoms with van der Waals surface area (Å²) >= 11 is 6.44. The fraction of sp³-hybridized carbons (Fsp3) is 0.333. The van der Waals surface area contributed by atoms with Gasteiger partial charge in [-0.2, -0.15) is 0 Å². The fourth-order valence-electron chi connectivity index (χ4n) is 4.08. The van der Waals surface area contributed by atoms with Gasteiger partial charge in [-0.05, 0) is 61.7 Å². The van der Waals surface area contributed by atoms with Crippen LogP contribution in [0.25, 0.3) is 0 Å². The quantitative estimate of drug-likeness (QED) is 0.431. The third kappa shape index (κ3) is 4.76. The molecule has 4 rings (SSSR count). The number of anilines is 1. The minimum Gasteiger partial charge on any atom is -0.506 e. The van der Waals surface area contributed by atoms with Crippen LogP contribution in [0.5, 0.6) is 5.75 Å². The number of pyridine rings is 1. The number of aliphatic carboxylic acids is 1. The summed E-state index contributed by atoms with van der Waals surface area (Å²) in [4.78, 5) is 42.4. The first-order valence-electron chi connectivity index (χ1n) is 10.1. The summed E-state index contributed by atoms with van der Waals surface area (Å²) in [7, 11) is 0. The number of amides is 3. The van der Waals surface area contributed by atoms with Crippen LogP contribution in [0.15, 0.2) is 39.4 Å². The second-order valence-electron chi connectivity index (χ2n) is 7.85. The molecule has 3 heterocycles. The van der Waals surface area contributed by atoms with Gasteiger partial charge in [0.1, 0.15) is 23.2 Å². The summed E-state index contributed by atoms with van der Waals surface area (Å²) in [5.74, 6) is -0.722. The molecule has 10 nitrogen and oxygen atoms in total. The van der Waals surface area contributed by atoms with Crippen LogP contribution in [-0.2, 0) is 21.6 Å². The summed E-state index contributed by atoms with van der Waals surface area (Å²) in [6.07, 6.45) is 1.75. The molecule has 2 aliphatic rings. The molecule has 3 amide bonds. The van der Waals surface area contributed by atoms with Crippen molar-refractivity contribution >= 4 is 55.8 Å². The Labute approximate surface area is 205 Å². The molecule has 0 radical (unpaired) electrons. The Morgan fingerprint density at radius 1 is 1.27 bits per heavy atom. The predicted octanol–water partition coefficient (Wildman–Crippen LogP) is 3.57. The van der Waals surface area contributed by atoms with E-state index in [1.807, 2.05) is 6.07 Å². The number of phenols is 1. The number of carboxylic acids is 1. The number of aromatic hydroxyl groups is 1. The first-order valence-corrected chi connectivity index (χ1v) is 11.7. The van der Waals surface area contributed by atoms with Crippen molar-refractivity contribution < 1.29 is 29.3 Å². The van der Waals surface area contributed by atoms with E-state index in [1.54, 1.807) is 24.4 Å². The van der Waals surface area contributed by atoms with Gasteiger partial charge >= 0.3 is 18.1 Å². The minimum absolute atomic E-state index is 0.00675. The molecule has 33 heavy (non-hydrogen) atoms. The van der Waals surface area contributed by atoms with Crippen molar-refractivity contribution in [2.75, 3.05) is 18.4 Å². The molecule has 1 spiro atoms. The smallest absolute Gasteiger partial charge is 0.413 e. The molecule has 1 fully saturated rings. The van der Waals surface area contributed by atoms with Gasteiger partial charge in [0.15, 0.2) is 0 Å². The molecule has 1 atom stereocenters. The van der Waals surface area contributed by atoms with Crippen molar-refractivity contribution in [1.82, 2.24) is 15.2 Å². The number of nitrogens with zero attached hydrogens (tertiary/aromatic N) is 2. The number of ether oxygens (including phenoxy) is 1. The highest BCUT2D eigenvalue weighted by atomic mass is 79.9. The summed E-state index contributed by atoms with van der Waals surface area (Å²) < 4.78 is 6.45. The third-order valence-corrected chi connectivity index (χ3v) is 6.99. The topological polar surface area (TPSA) is 141 Å². The number of fused-ring (bicyclic) bond motifs is 2. The monoisotopic (exact) mass is 582 g/mol. The van der Waals surface area contributed by atoms with E-state index in [-0.39, 0.29) is 25.3 Å². The van der Waals surface area contributed by atoms with Crippen LogP contribution < -0.4 is 10.6 Å². The lowest BCUT2D eigenvalue weighted by Gasteiger charge is -2.43. The van der Waals surface area contributed by atoms with Gasteiger partial charge < -0.3 is 25.2 Å². The number of carbonyl (C=O) groups is 3. The second kappa shape index (κ2) is 9.18. The molecule has 2 aromatic rings. The van der Waals surface area contributed by atoms with Crippen LogP contribution in [-0.4, -0.2) is 57.3 Å². The van der Waals surface area contributed by atoms with Gasteiger partial charge in [0.05, 0.1) is 8.95 Å². The van der Waals surface area contributed by atoms with Crippen molar-refractivity contribution in [2.45, 2.75) is 30.9 Å². The number of carbonyl (C=O) groups excluding carboxylic acids is 2. The van der Waals surface area contributed by atoms with E-state index in [2.05, 4.69) is 47.5 Å². The number of likely N-dealkylation sites (tertiary alicyclic amines) is 1. The lowest BCUT2D eigenvalue weighted by molar-refractivity contribution is -0.139. The number of benzene rings is 1. The maximum absolute atomic E-state index is 12.8. The van der Waals surface area contributed by atoms with E-state index in [9.17, 15) is 24.6 Å². The molecule has 0 saturated carbocycles. The Bertz CT molecular complexity index is 1100. The fourth-order valence-corrected chi connectivity index (χ4v) is 5.36. The zero-order valence-electron chi connectivity index (χ0n) is 17.2. The third-order valence-electron chi connectivity index (χ3n) is 5.78. The summed E-state index contributed by atoms with van der Waals surface area (Å²) in [6.45, 7) is 0.548. The molecule has 12 heteroatoms. The van der Waals surface area contributed by atoms with Crippen LogP contribution in [0.4, 0.5) is 15.4 Å². The van der Waals surface area contributed by atoms with Crippen molar-refractivity contribution in [3.8, 4) is 5.75 Å². The highest BCUT2D eigenvalue weighted by Crippen LogP contribution is 2.42. The molecule has 0 unspecified atom stereocenters. The van der Waals surface area contributed by atoms with Crippen LogP contribution in [0, 0.1) is 0 Å². The van der Waals surface area contributed by atoms with Crippen LogP contribution in [0.2, 0.25) is 0 Å². The van der Waals surface area contributed by atoms with Crippen molar-refractivity contribution in [2.24, 2.45) is 0 Å². The number of phenolic OH excluding ortho intramolecular Hbond substituents is 1. The lowest BCUT2D eigenvalue weighted by Crippen LogP contribution is -2.54. The van der Waals surface area contributed by atoms with Gasteiger partial charge in [0, 0.05) is 44.1 Å². The standard InChI is InChI=1S/C21H20Br2N4O6/c22-13-8-11(9-14(23)16(13)28)10-15(18(29)30)25-19(31)27-6-3-21(4-7-27)12-2-1-5-24-17(12)26-20(32)33-21/h1-2,5,8-9,15,28H,3-4,6-7,10H2,(H,25,31)(H,29,30)(H,24,26,32)/t15-/m1/s1. The maximum Gasteiger partial charge on any atom is 0.413 e. The maximum atomic E-state index is 12.8. The van der Waals surface area contributed by atoms with Gasteiger partial charge in [0.2, 0.25) is 0 Å². The minimum atomic E-state index is -1.18. The second-order valence-corrected chi connectivity index (χ2v) is 9.56. The zero-order chi connectivity index (χ0) is 23.8. The molecule has 0 bridgehead atoms. The number of hydrogen-bond donors (Lipinski definition) is 4. The predicted molar refractivity (Wildman–Crippen MR) is 124 cm³/mol. The number of rotatable bonds is 4. The number of piperidine rings is 1. The van der Waals surface area contributed by atoms with Gasteiger partial charge in [0.25, 0.3) is 0 Å². The highest BCUT2D eigenvalue weighted by Gasteiger charge is 2.45. The Morgan fingerprint density at radius 2 is 1.94 bits per heavy atom. The Kier molecular flexibility index (Phi) is 6.48. The molecule has 1 saturated heterocycles. The Morgan fingerprint density at radius 3 is 2.58 bits per heavy atom. The SMILES string of the molecule is O=C1Nc2ncccc2C2(CCN(C(=O)N[C@H](Cc3cc(Br)c(O)c(Br)c3)C(=O)O)CC2)O1. The lowest BCUT2D eigenvalue weighted by atomic mass is 9.83. The van der Waals surface area contributed by atoms with Crippen molar-refractivity contribution in [1.29, 1.82) is 0 Å². The average Bonchev–Trinajstić information content (AvgIpc) is 2.77. The molecular weight excluding hydrogens is 564 g/mol. The number of urea groups is 1. The van der Waals surface area contributed by atoms with Gasteiger partial charge in [-0.15, -0.1) is 0 Å². The molecular formula is C21H20Br2N4O6. The first kappa shape index (κ1) is 23.3. The van der Waals surface area contributed by atoms with Gasteiger partial charge in [-0.3, -0.25) is 5.32 Å². The zero-order valence-corrected chi connectivity index (χ0v) is 20.3. The normalized spacial score (nSPS) is 17.5. The van der Waals surface area contributed by atoms with Crippen molar-refractivity contribution in [3.63, 3.8) is 0 Å². The number of aromatic nitrogens is 1. The van der Waals surface area contributed by atoms with Gasteiger partial charge in [-0.25, -0.2) is 19.4 Å². The van der Waals surface area contributed by atoms with E-state index in [1.165, 1.54) is 4.90 Å². The largest absolute Gasteiger partial charge is 0.506 e. The van der Waals surface area contributed by atoms with Crippen LogP contribution in [0.1, 0.15) is 24.0 Å². The molecule has 0 aliphatic carbocycles. The number of halogens is 2. The van der Waals surface area contributed by atoms with Crippen LogP contribution in [0.3, 0.4) is 0 Å². The van der Waals surface area contributed by atoms with Gasteiger partial charge in [-0.1, -0.05) is 0 Å². The van der Waals surface area contributed by atoms with E-state index in [0.29, 0.717) is 33.2 Å².